The van der Waals surface area contributed by atoms with E-state index in [1.807, 2.05) is 35.2 Å². The topological polar surface area (TPSA) is 23.6 Å². The first-order valence-electron chi connectivity index (χ1n) is 8.32. The van der Waals surface area contributed by atoms with Crippen LogP contribution in [0.4, 0.5) is 0 Å². The molecule has 3 aromatic rings. The summed E-state index contributed by atoms with van der Waals surface area (Å²) in [5.74, 6) is 0.155. The number of amides is 1. The van der Waals surface area contributed by atoms with Crippen LogP contribution in [-0.4, -0.2) is 41.9 Å². The molecular formula is C20H20N2OS. The number of carbonyl (C=O) groups is 1. The van der Waals surface area contributed by atoms with Crippen LogP contribution >= 0.6 is 11.3 Å². The molecule has 2 aromatic carbocycles. The van der Waals surface area contributed by atoms with Gasteiger partial charge in [-0.25, -0.2) is 0 Å². The molecule has 1 saturated heterocycles. The SMILES string of the molecule is O=C(c1cccc2ccccc12)N1CCN(Cc2ccsc2)CC1. The van der Waals surface area contributed by atoms with E-state index in [2.05, 4.69) is 33.9 Å². The standard InChI is InChI=1S/C20H20N2OS/c23-20(19-7-3-5-17-4-1-2-6-18(17)19)22-11-9-21(10-12-22)14-16-8-13-24-15-16/h1-8,13,15H,9-12,14H2. The monoisotopic (exact) mass is 336 g/mol. The Labute approximate surface area is 146 Å². The van der Waals surface area contributed by atoms with E-state index in [1.165, 1.54) is 5.56 Å². The van der Waals surface area contributed by atoms with Gasteiger partial charge in [-0.05, 0) is 39.2 Å². The van der Waals surface area contributed by atoms with Crippen molar-refractivity contribution in [2.75, 3.05) is 26.2 Å². The van der Waals surface area contributed by atoms with Crippen LogP contribution in [-0.2, 0) is 6.54 Å². The van der Waals surface area contributed by atoms with Crippen LogP contribution in [0.2, 0.25) is 0 Å². The lowest BCUT2D eigenvalue weighted by Crippen LogP contribution is -2.48. The van der Waals surface area contributed by atoms with Gasteiger partial charge in [-0.3, -0.25) is 9.69 Å². The van der Waals surface area contributed by atoms with Gasteiger partial charge < -0.3 is 4.90 Å². The van der Waals surface area contributed by atoms with E-state index in [0.29, 0.717) is 0 Å². The molecule has 0 atom stereocenters. The van der Waals surface area contributed by atoms with Gasteiger partial charge >= 0.3 is 0 Å². The van der Waals surface area contributed by atoms with Crippen LogP contribution in [0.5, 0.6) is 0 Å². The summed E-state index contributed by atoms with van der Waals surface area (Å²) in [4.78, 5) is 17.4. The Bertz CT molecular complexity index is 830. The van der Waals surface area contributed by atoms with E-state index in [0.717, 1.165) is 49.1 Å². The highest BCUT2D eigenvalue weighted by Gasteiger charge is 2.23. The summed E-state index contributed by atoms with van der Waals surface area (Å²) < 4.78 is 0. The summed E-state index contributed by atoms with van der Waals surface area (Å²) in [6, 6.07) is 16.3. The first-order chi connectivity index (χ1) is 11.8. The summed E-state index contributed by atoms with van der Waals surface area (Å²) in [5.41, 5.74) is 2.19. The quantitative estimate of drug-likeness (QED) is 0.725. The third-order valence-corrected chi connectivity index (χ3v) is 5.40. The summed E-state index contributed by atoms with van der Waals surface area (Å²) in [7, 11) is 0. The number of hydrogen-bond acceptors (Lipinski definition) is 3. The van der Waals surface area contributed by atoms with E-state index in [-0.39, 0.29) is 5.91 Å². The van der Waals surface area contributed by atoms with Crippen LogP contribution in [0, 0.1) is 0 Å². The average Bonchev–Trinajstić information content (AvgIpc) is 3.14. The molecule has 1 aromatic heterocycles. The molecule has 0 unspecified atom stereocenters. The van der Waals surface area contributed by atoms with Crippen LogP contribution in [0.3, 0.4) is 0 Å². The van der Waals surface area contributed by atoms with Crippen molar-refractivity contribution in [3.63, 3.8) is 0 Å². The molecule has 0 spiro atoms. The lowest BCUT2D eigenvalue weighted by Gasteiger charge is -2.34. The fraction of sp³-hybridized carbons (Fsp3) is 0.250. The van der Waals surface area contributed by atoms with E-state index in [4.69, 9.17) is 0 Å². The number of benzene rings is 2. The molecule has 1 aliphatic heterocycles. The first kappa shape index (κ1) is 15.4. The highest BCUT2D eigenvalue weighted by molar-refractivity contribution is 7.07. The van der Waals surface area contributed by atoms with Gasteiger partial charge in [0.25, 0.3) is 5.91 Å². The van der Waals surface area contributed by atoms with Crippen LogP contribution in [0.25, 0.3) is 10.8 Å². The Morgan fingerprint density at radius 2 is 1.75 bits per heavy atom. The zero-order valence-corrected chi connectivity index (χ0v) is 14.3. The minimum atomic E-state index is 0.155. The Morgan fingerprint density at radius 1 is 0.958 bits per heavy atom. The second-order valence-corrected chi connectivity index (χ2v) is 7.01. The van der Waals surface area contributed by atoms with Crippen molar-refractivity contribution in [1.82, 2.24) is 9.80 Å². The van der Waals surface area contributed by atoms with Crippen LogP contribution in [0.1, 0.15) is 15.9 Å². The first-order valence-corrected chi connectivity index (χ1v) is 9.26. The van der Waals surface area contributed by atoms with Crippen molar-refractivity contribution in [1.29, 1.82) is 0 Å². The Kier molecular flexibility index (Phi) is 4.32. The fourth-order valence-corrected chi connectivity index (χ4v) is 3.99. The number of nitrogens with zero attached hydrogens (tertiary/aromatic N) is 2. The number of hydrogen-bond donors (Lipinski definition) is 0. The second kappa shape index (κ2) is 6.75. The lowest BCUT2D eigenvalue weighted by atomic mass is 10.0. The Hall–Kier alpha value is -2.17. The van der Waals surface area contributed by atoms with Gasteiger partial charge in [0.1, 0.15) is 0 Å². The fourth-order valence-electron chi connectivity index (χ4n) is 3.33. The van der Waals surface area contributed by atoms with Crippen LogP contribution < -0.4 is 0 Å². The van der Waals surface area contributed by atoms with E-state index in [1.54, 1.807) is 11.3 Å². The molecule has 1 amide bonds. The van der Waals surface area contributed by atoms with Gasteiger partial charge in [-0.15, -0.1) is 0 Å². The normalized spacial score (nSPS) is 15.8. The van der Waals surface area contributed by atoms with Crippen molar-refractivity contribution < 1.29 is 4.79 Å². The zero-order chi connectivity index (χ0) is 16.4. The molecule has 4 heteroatoms. The largest absolute Gasteiger partial charge is 0.336 e. The molecule has 0 radical (unpaired) electrons. The smallest absolute Gasteiger partial charge is 0.254 e. The molecule has 122 valence electrons. The highest BCUT2D eigenvalue weighted by Crippen LogP contribution is 2.21. The van der Waals surface area contributed by atoms with Crippen molar-refractivity contribution in [2.45, 2.75) is 6.54 Å². The third-order valence-electron chi connectivity index (χ3n) is 4.67. The van der Waals surface area contributed by atoms with E-state index < -0.39 is 0 Å². The molecule has 4 rings (SSSR count). The molecule has 0 N–H and O–H groups in total. The van der Waals surface area contributed by atoms with Crippen molar-refractivity contribution in [3.8, 4) is 0 Å². The molecule has 24 heavy (non-hydrogen) atoms. The number of rotatable bonds is 3. The highest BCUT2D eigenvalue weighted by atomic mass is 32.1. The maximum absolute atomic E-state index is 12.9. The van der Waals surface area contributed by atoms with Gasteiger partial charge in [0, 0.05) is 38.3 Å². The number of carbonyl (C=O) groups excluding carboxylic acids is 1. The molecule has 0 saturated carbocycles. The van der Waals surface area contributed by atoms with Gasteiger partial charge in [-0.2, -0.15) is 11.3 Å². The molecular weight excluding hydrogens is 316 g/mol. The summed E-state index contributed by atoms with van der Waals surface area (Å²) in [6.45, 7) is 4.46. The van der Waals surface area contributed by atoms with Gasteiger partial charge in [-0.1, -0.05) is 36.4 Å². The van der Waals surface area contributed by atoms with Crippen molar-refractivity contribution in [2.24, 2.45) is 0 Å². The Morgan fingerprint density at radius 3 is 2.54 bits per heavy atom. The molecule has 0 bridgehead atoms. The predicted molar refractivity (Wildman–Crippen MR) is 99.4 cm³/mol. The minimum absolute atomic E-state index is 0.155. The minimum Gasteiger partial charge on any atom is -0.336 e. The summed E-state index contributed by atoms with van der Waals surface area (Å²) in [5, 5.41) is 6.49. The Balaban J connectivity index is 1.46. The van der Waals surface area contributed by atoms with Crippen molar-refractivity contribution in [3.05, 3.63) is 70.4 Å². The predicted octanol–water partition coefficient (Wildman–Crippen LogP) is 3.86. The second-order valence-electron chi connectivity index (χ2n) is 6.23. The number of piperazine rings is 1. The average molecular weight is 336 g/mol. The number of fused-ring (bicyclic) bond motifs is 1. The van der Waals surface area contributed by atoms with E-state index in [9.17, 15) is 4.79 Å². The molecule has 2 heterocycles. The summed E-state index contributed by atoms with van der Waals surface area (Å²) in [6.07, 6.45) is 0. The van der Waals surface area contributed by atoms with Gasteiger partial charge in [0.2, 0.25) is 0 Å². The van der Waals surface area contributed by atoms with Crippen molar-refractivity contribution >= 4 is 28.0 Å². The zero-order valence-electron chi connectivity index (χ0n) is 13.5. The molecule has 1 aliphatic rings. The molecule has 1 fully saturated rings. The maximum Gasteiger partial charge on any atom is 0.254 e. The van der Waals surface area contributed by atoms with Gasteiger partial charge in [0.15, 0.2) is 0 Å². The summed E-state index contributed by atoms with van der Waals surface area (Å²) >= 11 is 1.74. The lowest BCUT2D eigenvalue weighted by molar-refractivity contribution is 0.0630. The van der Waals surface area contributed by atoms with Gasteiger partial charge in [0.05, 0.1) is 0 Å². The molecule has 0 aliphatic carbocycles. The maximum atomic E-state index is 12.9. The van der Waals surface area contributed by atoms with E-state index >= 15 is 0 Å². The molecule has 3 nitrogen and oxygen atoms in total. The van der Waals surface area contributed by atoms with Crippen LogP contribution in [0.15, 0.2) is 59.3 Å². The number of thiophene rings is 1. The third kappa shape index (κ3) is 3.07.